The smallest absolute Gasteiger partial charge is 0.217 e. The molecular formula is C30H35N7O. The van der Waals surface area contributed by atoms with Gasteiger partial charge in [0.1, 0.15) is 5.82 Å². The van der Waals surface area contributed by atoms with Gasteiger partial charge < -0.3 is 0 Å². The maximum Gasteiger partial charge on any atom is 0.217 e. The number of carbonyl (C=O) groups is 1. The summed E-state index contributed by atoms with van der Waals surface area (Å²) in [6.45, 7) is 0. The second-order valence-electron chi connectivity index (χ2n) is 10.9. The molecule has 2 fully saturated rings. The number of H-pyrrole nitrogens is 1. The number of nitrogens with one attached hydrogen (secondary N) is 1. The lowest BCUT2D eigenvalue weighted by atomic mass is 9.86. The normalized spacial score (nSPS) is 17.1. The summed E-state index contributed by atoms with van der Waals surface area (Å²) in [7, 11) is 0. The number of aromatic amines is 1. The van der Waals surface area contributed by atoms with E-state index >= 15 is 0 Å². The zero-order chi connectivity index (χ0) is 25.7. The summed E-state index contributed by atoms with van der Waals surface area (Å²) >= 11 is 0. The second kappa shape index (κ2) is 11.4. The Bertz CT molecular complexity index is 1350. The summed E-state index contributed by atoms with van der Waals surface area (Å²) in [6.07, 6.45) is 13.3. The number of Topliss-reactive ketones (excluding diaryl/α,β-unsaturated/α-hetero) is 1. The number of rotatable bonds is 8. The Kier molecular flexibility index (Phi) is 7.38. The van der Waals surface area contributed by atoms with Crippen molar-refractivity contribution in [2.45, 2.75) is 83.1 Å². The molecule has 2 aromatic heterocycles. The number of nitrogens with zero attached hydrogens (tertiary/aromatic N) is 6. The number of carbonyl (C=O) groups excluding carboxylic acids is 1. The van der Waals surface area contributed by atoms with Crippen LogP contribution in [0.4, 0.5) is 0 Å². The van der Waals surface area contributed by atoms with E-state index in [1.165, 1.54) is 38.5 Å². The third kappa shape index (κ3) is 5.44. The molecule has 196 valence electrons. The average Bonchev–Trinajstić information content (AvgIpc) is 3.66. The average molecular weight is 510 g/mol. The minimum absolute atomic E-state index is 0.112. The summed E-state index contributed by atoms with van der Waals surface area (Å²) in [6, 6.07) is 17.0. The first-order valence-corrected chi connectivity index (χ1v) is 14.2. The molecule has 2 saturated carbocycles. The molecule has 8 nitrogen and oxygen atoms in total. The molecule has 0 bridgehead atoms. The van der Waals surface area contributed by atoms with Crippen molar-refractivity contribution >= 4 is 5.78 Å². The number of hydrogen-bond donors (Lipinski definition) is 1. The van der Waals surface area contributed by atoms with Gasteiger partial charge in [-0.2, -0.15) is 5.21 Å². The Morgan fingerprint density at radius 1 is 0.868 bits per heavy atom. The highest BCUT2D eigenvalue weighted by atomic mass is 16.1. The van der Waals surface area contributed by atoms with Crippen LogP contribution < -0.4 is 0 Å². The van der Waals surface area contributed by atoms with Crippen molar-refractivity contribution in [2.75, 3.05) is 0 Å². The van der Waals surface area contributed by atoms with E-state index in [2.05, 4.69) is 55.6 Å². The number of tetrazole rings is 1. The molecule has 2 aromatic carbocycles. The fourth-order valence-corrected chi connectivity index (χ4v) is 6.15. The van der Waals surface area contributed by atoms with Crippen molar-refractivity contribution in [3.05, 3.63) is 65.7 Å². The third-order valence-electron chi connectivity index (χ3n) is 8.21. The fourth-order valence-electron chi connectivity index (χ4n) is 6.15. The zero-order valence-electron chi connectivity index (χ0n) is 21.9. The van der Waals surface area contributed by atoms with E-state index in [4.69, 9.17) is 10.1 Å². The highest BCUT2D eigenvalue weighted by Crippen LogP contribution is 2.32. The minimum Gasteiger partial charge on any atom is -0.291 e. The van der Waals surface area contributed by atoms with Gasteiger partial charge in [0.05, 0.1) is 6.04 Å². The molecule has 6 rings (SSSR count). The van der Waals surface area contributed by atoms with Crippen molar-refractivity contribution in [1.29, 1.82) is 0 Å². The van der Waals surface area contributed by atoms with Crippen molar-refractivity contribution in [3.8, 4) is 22.5 Å². The van der Waals surface area contributed by atoms with Crippen LogP contribution in [0, 0.1) is 5.92 Å². The van der Waals surface area contributed by atoms with E-state index in [9.17, 15) is 4.79 Å². The van der Waals surface area contributed by atoms with Gasteiger partial charge in [-0.3, -0.25) is 4.79 Å². The predicted octanol–water partition coefficient (Wildman–Crippen LogP) is 6.37. The van der Waals surface area contributed by atoms with Crippen LogP contribution in [0.15, 0.2) is 48.5 Å². The molecule has 2 heterocycles. The van der Waals surface area contributed by atoms with Crippen LogP contribution in [0.25, 0.3) is 22.5 Å². The Morgan fingerprint density at radius 2 is 1.58 bits per heavy atom. The first kappa shape index (κ1) is 24.6. The third-order valence-corrected chi connectivity index (χ3v) is 8.21. The molecule has 0 unspecified atom stereocenters. The first-order chi connectivity index (χ1) is 18.7. The van der Waals surface area contributed by atoms with Crippen LogP contribution in [-0.2, 0) is 6.42 Å². The molecule has 4 aromatic rings. The van der Waals surface area contributed by atoms with E-state index in [0.717, 1.165) is 53.8 Å². The van der Waals surface area contributed by atoms with Crippen molar-refractivity contribution in [3.63, 3.8) is 0 Å². The topological polar surface area (TPSA) is 102 Å². The van der Waals surface area contributed by atoms with E-state index in [1.54, 1.807) is 0 Å². The molecule has 2 aliphatic carbocycles. The summed E-state index contributed by atoms with van der Waals surface area (Å²) in [4.78, 5) is 18.0. The molecule has 1 N–H and O–H groups in total. The van der Waals surface area contributed by atoms with Gasteiger partial charge >= 0.3 is 0 Å². The van der Waals surface area contributed by atoms with E-state index < -0.39 is 0 Å². The van der Waals surface area contributed by atoms with Gasteiger partial charge in [-0.05, 0) is 40.7 Å². The Balaban J connectivity index is 1.24. The first-order valence-electron chi connectivity index (χ1n) is 14.2. The Labute approximate surface area is 223 Å². The molecule has 0 saturated heterocycles. The van der Waals surface area contributed by atoms with Crippen molar-refractivity contribution < 1.29 is 4.79 Å². The summed E-state index contributed by atoms with van der Waals surface area (Å²) in [5.74, 6) is 2.51. The van der Waals surface area contributed by atoms with Gasteiger partial charge in [-0.1, -0.05) is 99.9 Å². The molecule has 0 radical (unpaired) electrons. The van der Waals surface area contributed by atoms with Crippen LogP contribution in [-0.4, -0.2) is 41.2 Å². The standard InChI is InChI=1S/C30H35N7O/c38-27(19-21-9-3-1-4-10-21)30-31-28(37(34-30)24-11-5-2-6-12-24)20-22-15-17-23(18-16-22)25-13-7-8-14-26(25)29-32-35-36-33-29/h7-8,13-18,21,24H,1-6,9-12,19-20H2,(H,32,33,35,36). The highest BCUT2D eigenvalue weighted by Gasteiger charge is 2.26. The van der Waals surface area contributed by atoms with Crippen molar-refractivity contribution in [2.24, 2.45) is 5.92 Å². The van der Waals surface area contributed by atoms with Gasteiger partial charge in [-0.15, -0.1) is 15.3 Å². The van der Waals surface area contributed by atoms with Gasteiger partial charge in [0.15, 0.2) is 0 Å². The second-order valence-corrected chi connectivity index (χ2v) is 10.9. The molecule has 0 spiro atoms. The lowest BCUT2D eigenvalue weighted by molar-refractivity contribution is 0.0939. The monoisotopic (exact) mass is 509 g/mol. The Morgan fingerprint density at radius 3 is 2.29 bits per heavy atom. The summed E-state index contributed by atoms with van der Waals surface area (Å²) < 4.78 is 2.09. The van der Waals surface area contributed by atoms with Gasteiger partial charge in [0.25, 0.3) is 0 Å². The number of hydrogen-bond acceptors (Lipinski definition) is 6. The number of aromatic nitrogens is 7. The largest absolute Gasteiger partial charge is 0.291 e. The summed E-state index contributed by atoms with van der Waals surface area (Å²) in [5.41, 5.74) is 4.24. The molecular weight excluding hydrogens is 474 g/mol. The number of ketones is 1. The van der Waals surface area contributed by atoms with Crippen LogP contribution in [0.2, 0.25) is 0 Å². The van der Waals surface area contributed by atoms with Crippen LogP contribution in [0.3, 0.4) is 0 Å². The molecule has 38 heavy (non-hydrogen) atoms. The van der Waals surface area contributed by atoms with Gasteiger partial charge in [0, 0.05) is 18.4 Å². The van der Waals surface area contributed by atoms with Crippen LogP contribution >= 0.6 is 0 Å². The molecule has 0 amide bonds. The predicted molar refractivity (Wildman–Crippen MR) is 146 cm³/mol. The minimum atomic E-state index is 0.112. The maximum absolute atomic E-state index is 13.2. The fraction of sp³-hybridized carbons (Fsp3) is 0.467. The van der Waals surface area contributed by atoms with Crippen LogP contribution in [0.5, 0.6) is 0 Å². The molecule has 2 aliphatic rings. The van der Waals surface area contributed by atoms with Gasteiger partial charge in [0.2, 0.25) is 17.4 Å². The van der Waals surface area contributed by atoms with Crippen molar-refractivity contribution in [1.82, 2.24) is 35.4 Å². The van der Waals surface area contributed by atoms with Crippen LogP contribution in [0.1, 0.15) is 98.7 Å². The van der Waals surface area contributed by atoms with E-state index in [0.29, 0.717) is 36.5 Å². The lowest BCUT2D eigenvalue weighted by Gasteiger charge is -2.23. The Hall–Kier alpha value is -3.68. The van der Waals surface area contributed by atoms with E-state index in [1.807, 2.05) is 18.2 Å². The quantitative estimate of drug-likeness (QED) is 0.277. The van der Waals surface area contributed by atoms with E-state index in [-0.39, 0.29) is 5.78 Å². The lowest BCUT2D eigenvalue weighted by Crippen LogP contribution is -2.18. The summed E-state index contributed by atoms with van der Waals surface area (Å²) in [5, 5.41) is 19.4. The number of benzene rings is 2. The molecule has 0 atom stereocenters. The maximum atomic E-state index is 13.2. The SMILES string of the molecule is O=C(CC1CCCCC1)c1nc(Cc2ccc(-c3ccccc3-c3nn[nH]n3)cc2)n(C2CCCCC2)n1. The highest BCUT2D eigenvalue weighted by molar-refractivity contribution is 5.92. The zero-order valence-corrected chi connectivity index (χ0v) is 21.9. The van der Waals surface area contributed by atoms with Gasteiger partial charge in [-0.25, -0.2) is 9.67 Å². The molecule has 8 heteroatoms. The molecule has 0 aliphatic heterocycles.